The molecule has 0 fully saturated rings. The van der Waals surface area contributed by atoms with Crippen molar-refractivity contribution in [1.29, 1.82) is 0 Å². The fourth-order valence-corrected chi connectivity index (χ4v) is 2.70. The largest absolute Gasteiger partial charge is 0.332 e. The molecule has 2 heterocycles. The molecule has 0 bridgehead atoms. The van der Waals surface area contributed by atoms with Crippen molar-refractivity contribution < 1.29 is 0 Å². The van der Waals surface area contributed by atoms with Crippen LogP contribution in [0.15, 0.2) is 39.9 Å². The van der Waals surface area contributed by atoms with Gasteiger partial charge in [-0.25, -0.2) is 4.79 Å². The SMILES string of the molecule is Cn1c(=O)c2[nH]c(=S)n(Cc3ccccc3)c2n(C)c1=O. The van der Waals surface area contributed by atoms with Gasteiger partial charge in [-0.05, 0) is 17.8 Å². The Hall–Kier alpha value is -2.41. The smallest absolute Gasteiger partial charge is 0.325 e. The monoisotopic (exact) mass is 302 g/mol. The Morgan fingerprint density at radius 2 is 1.76 bits per heavy atom. The number of H-pyrrole nitrogens is 1. The molecule has 21 heavy (non-hydrogen) atoms. The van der Waals surface area contributed by atoms with Gasteiger partial charge in [-0.1, -0.05) is 30.3 Å². The average molecular weight is 302 g/mol. The van der Waals surface area contributed by atoms with Gasteiger partial charge in [-0.2, -0.15) is 0 Å². The predicted molar refractivity (Wildman–Crippen MR) is 83.1 cm³/mol. The third kappa shape index (κ3) is 2.06. The Balaban J connectivity index is 2.35. The number of imidazole rings is 1. The summed E-state index contributed by atoms with van der Waals surface area (Å²) < 4.78 is 4.70. The highest BCUT2D eigenvalue weighted by atomic mass is 32.1. The molecule has 1 aromatic carbocycles. The molecule has 0 radical (unpaired) electrons. The first-order chi connectivity index (χ1) is 10.0. The van der Waals surface area contributed by atoms with E-state index in [1.54, 1.807) is 11.6 Å². The van der Waals surface area contributed by atoms with Crippen LogP contribution in [-0.4, -0.2) is 18.7 Å². The summed E-state index contributed by atoms with van der Waals surface area (Å²) >= 11 is 5.30. The first-order valence-electron chi connectivity index (χ1n) is 6.43. The maximum Gasteiger partial charge on any atom is 0.332 e. The fourth-order valence-electron chi connectivity index (χ4n) is 2.44. The molecule has 6 nitrogen and oxygen atoms in total. The van der Waals surface area contributed by atoms with E-state index in [2.05, 4.69) is 4.98 Å². The number of fused-ring (bicyclic) bond motifs is 1. The maximum atomic E-state index is 12.2. The summed E-state index contributed by atoms with van der Waals surface area (Å²) in [6, 6.07) is 9.75. The Bertz CT molecular complexity index is 992. The summed E-state index contributed by atoms with van der Waals surface area (Å²) in [5, 5.41) is 0. The van der Waals surface area contributed by atoms with E-state index in [9.17, 15) is 9.59 Å². The van der Waals surface area contributed by atoms with Crippen LogP contribution in [0.1, 0.15) is 5.56 Å². The second-order valence-electron chi connectivity index (χ2n) is 4.91. The molecule has 0 spiro atoms. The van der Waals surface area contributed by atoms with Crippen molar-refractivity contribution in [2.24, 2.45) is 14.1 Å². The number of nitrogens with zero attached hydrogens (tertiary/aromatic N) is 3. The zero-order valence-corrected chi connectivity index (χ0v) is 12.5. The van der Waals surface area contributed by atoms with E-state index >= 15 is 0 Å². The quantitative estimate of drug-likeness (QED) is 0.722. The fraction of sp³-hybridized carbons (Fsp3) is 0.214. The van der Waals surface area contributed by atoms with Crippen LogP contribution in [0.2, 0.25) is 0 Å². The highest BCUT2D eigenvalue weighted by Gasteiger charge is 2.14. The summed E-state index contributed by atoms with van der Waals surface area (Å²) in [6.45, 7) is 0.500. The zero-order valence-electron chi connectivity index (χ0n) is 11.7. The summed E-state index contributed by atoms with van der Waals surface area (Å²) in [5.74, 6) is 0. The Labute approximate surface area is 124 Å². The van der Waals surface area contributed by atoms with Crippen molar-refractivity contribution in [3.63, 3.8) is 0 Å². The van der Waals surface area contributed by atoms with Crippen molar-refractivity contribution >= 4 is 23.4 Å². The predicted octanol–water partition coefficient (Wildman–Crippen LogP) is 1.14. The van der Waals surface area contributed by atoms with Gasteiger partial charge < -0.3 is 4.98 Å². The topological polar surface area (TPSA) is 64.7 Å². The van der Waals surface area contributed by atoms with Crippen molar-refractivity contribution in [1.82, 2.24) is 18.7 Å². The molecule has 0 atom stereocenters. The molecule has 1 N–H and O–H groups in total. The molecular formula is C14H14N4O2S. The molecule has 0 aliphatic carbocycles. The van der Waals surface area contributed by atoms with Gasteiger partial charge in [0.1, 0.15) is 11.2 Å². The van der Waals surface area contributed by atoms with Crippen LogP contribution >= 0.6 is 12.2 Å². The number of rotatable bonds is 2. The van der Waals surface area contributed by atoms with Crippen molar-refractivity contribution in [2.45, 2.75) is 6.54 Å². The molecule has 3 rings (SSSR count). The first kappa shape index (κ1) is 13.6. The second kappa shape index (κ2) is 4.85. The van der Waals surface area contributed by atoms with Crippen LogP contribution in [0.3, 0.4) is 0 Å². The highest BCUT2D eigenvalue weighted by Crippen LogP contribution is 2.11. The molecule has 2 aromatic heterocycles. The van der Waals surface area contributed by atoms with E-state index in [1.807, 2.05) is 30.3 Å². The molecule has 0 aliphatic rings. The number of hydrogen-bond donors (Lipinski definition) is 1. The highest BCUT2D eigenvalue weighted by molar-refractivity contribution is 7.71. The normalized spacial score (nSPS) is 11.1. The minimum absolute atomic E-state index is 0.348. The third-order valence-corrected chi connectivity index (χ3v) is 3.87. The van der Waals surface area contributed by atoms with Crippen molar-refractivity contribution in [2.75, 3.05) is 0 Å². The van der Waals surface area contributed by atoms with E-state index < -0.39 is 0 Å². The molecule has 0 amide bonds. The van der Waals surface area contributed by atoms with Gasteiger partial charge in [-0.15, -0.1) is 0 Å². The summed E-state index contributed by atoms with van der Waals surface area (Å²) in [6.07, 6.45) is 0. The minimum atomic E-state index is -0.372. The van der Waals surface area contributed by atoms with E-state index in [1.165, 1.54) is 11.6 Å². The Kier molecular flexibility index (Phi) is 3.13. The molecule has 0 aliphatic heterocycles. The van der Waals surface area contributed by atoms with Gasteiger partial charge in [-0.3, -0.25) is 18.5 Å². The maximum absolute atomic E-state index is 12.2. The second-order valence-corrected chi connectivity index (χ2v) is 5.29. The van der Waals surface area contributed by atoms with Crippen molar-refractivity contribution in [3.05, 3.63) is 61.5 Å². The molecule has 0 unspecified atom stereocenters. The van der Waals surface area contributed by atoms with Crippen LogP contribution in [0.25, 0.3) is 11.2 Å². The van der Waals surface area contributed by atoms with E-state index in [0.717, 1.165) is 10.1 Å². The van der Waals surface area contributed by atoms with Gasteiger partial charge in [0.2, 0.25) is 0 Å². The lowest BCUT2D eigenvalue weighted by Gasteiger charge is -2.08. The number of benzene rings is 1. The summed E-state index contributed by atoms with van der Waals surface area (Å²) in [5.41, 5.74) is 1.16. The number of aromatic nitrogens is 4. The van der Waals surface area contributed by atoms with E-state index in [4.69, 9.17) is 12.2 Å². The van der Waals surface area contributed by atoms with Gasteiger partial charge in [0.05, 0.1) is 6.54 Å². The lowest BCUT2D eigenvalue weighted by Crippen LogP contribution is -2.37. The van der Waals surface area contributed by atoms with Gasteiger partial charge in [0.15, 0.2) is 4.77 Å². The molecule has 0 saturated carbocycles. The minimum Gasteiger partial charge on any atom is -0.325 e. The number of nitrogens with one attached hydrogen (secondary N) is 1. The third-order valence-electron chi connectivity index (χ3n) is 3.55. The Morgan fingerprint density at radius 1 is 1.10 bits per heavy atom. The zero-order chi connectivity index (χ0) is 15.1. The van der Waals surface area contributed by atoms with Gasteiger partial charge in [0, 0.05) is 14.1 Å². The lowest BCUT2D eigenvalue weighted by atomic mass is 10.2. The average Bonchev–Trinajstić information content (AvgIpc) is 2.81. The van der Waals surface area contributed by atoms with Gasteiger partial charge >= 0.3 is 5.69 Å². The molecule has 3 aromatic rings. The molecule has 7 heteroatoms. The van der Waals surface area contributed by atoms with Crippen LogP contribution in [0.4, 0.5) is 0 Å². The van der Waals surface area contributed by atoms with E-state index in [-0.39, 0.29) is 11.2 Å². The molecule has 0 saturated heterocycles. The number of aromatic amines is 1. The van der Waals surface area contributed by atoms with Crippen LogP contribution < -0.4 is 11.2 Å². The molecule has 108 valence electrons. The summed E-state index contributed by atoms with van der Waals surface area (Å²) in [7, 11) is 3.09. The van der Waals surface area contributed by atoms with Gasteiger partial charge in [0.25, 0.3) is 5.56 Å². The van der Waals surface area contributed by atoms with Crippen LogP contribution in [0, 0.1) is 4.77 Å². The lowest BCUT2D eigenvalue weighted by molar-refractivity contribution is 0.686. The molecular weight excluding hydrogens is 288 g/mol. The Morgan fingerprint density at radius 3 is 2.43 bits per heavy atom. The standard InChI is InChI=1S/C14H14N4O2S/c1-16-11-10(12(19)17(2)14(16)20)15-13(21)18(11)8-9-6-4-3-5-7-9/h3-7H,8H2,1-2H3,(H,15,21). The number of hydrogen-bond acceptors (Lipinski definition) is 3. The summed E-state index contributed by atoms with van der Waals surface area (Å²) in [4.78, 5) is 27.2. The van der Waals surface area contributed by atoms with Crippen LogP contribution in [0.5, 0.6) is 0 Å². The van der Waals surface area contributed by atoms with Crippen molar-refractivity contribution in [3.8, 4) is 0 Å². The number of aryl methyl sites for hydroxylation is 1. The van der Waals surface area contributed by atoms with E-state index in [0.29, 0.717) is 22.5 Å². The van der Waals surface area contributed by atoms with Crippen LogP contribution in [-0.2, 0) is 20.6 Å². The first-order valence-corrected chi connectivity index (χ1v) is 6.84.